The number of carbonyl (C=O) groups is 1. The molecule has 20 heavy (non-hydrogen) atoms. The van der Waals surface area contributed by atoms with E-state index in [9.17, 15) is 4.79 Å². The van der Waals surface area contributed by atoms with E-state index >= 15 is 0 Å². The first-order valence-electron chi connectivity index (χ1n) is 6.58. The van der Waals surface area contributed by atoms with Gasteiger partial charge in [-0.3, -0.25) is 4.79 Å². The number of hydrogen-bond donors (Lipinski definition) is 1. The Kier molecular flexibility index (Phi) is 4.48. The highest BCUT2D eigenvalue weighted by atomic mass is 16.2. The van der Waals surface area contributed by atoms with Crippen LogP contribution in [0.25, 0.3) is 0 Å². The molecular formula is C16H19N3O. The molecule has 0 atom stereocenters. The van der Waals surface area contributed by atoms with Gasteiger partial charge >= 0.3 is 0 Å². The van der Waals surface area contributed by atoms with Gasteiger partial charge in [0.25, 0.3) is 5.91 Å². The minimum absolute atomic E-state index is 0.0828. The lowest BCUT2D eigenvalue weighted by molar-refractivity contribution is 0.0779. The molecule has 104 valence electrons. The van der Waals surface area contributed by atoms with Crippen molar-refractivity contribution in [1.82, 2.24) is 9.88 Å². The number of nitrogens with zero attached hydrogens (tertiary/aromatic N) is 2. The van der Waals surface area contributed by atoms with Crippen molar-refractivity contribution in [2.75, 3.05) is 7.05 Å². The molecule has 2 rings (SSSR count). The van der Waals surface area contributed by atoms with Gasteiger partial charge in [-0.2, -0.15) is 0 Å². The van der Waals surface area contributed by atoms with Crippen molar-refractivity contribution in [3.63, 3.8) is 0 Å². The minimum Gasteiger partial charge on any atom is -0.336 e. The molecule has 4 nitrogen and oxygen atoms in total. The maximum atomic E-state index is 12.3. The summed E-state index contributed by atoms with van der Waals surface area (Å²) in [6.45, 7) is 2.88. The maximum absolute atomic E-state index is 12.3. The van der Waals surface area contributed by atoms with Crippen LogP contribution in [0.3, 0.4) is 0 Å². The fourth-order valence-electron chi connectivity index (χ4n) is 2.10. The second-order valence-electron chi connectivity index (χ2n) is 4.80. The van der Waals surface area contributed by atoms with Crippen LogP contribution in [0.15, 0.2) is 42.5 Å². The predicted molar refractivity (Wildman–Crippen MR) is 79.1 cm³/mol. The first-order chi connectivity index (χ1) is 9.61. The normalized spacial score (nSPS) is 10.3. The van der Waals surface area contributed by atoms with Crippen molar-refractivity contribution in [2.45, 2.75) is 20.0 Å². The molecule has 0 radical (unpaired) electrons. The summed E-state index contributed by atoms with van der Waals surface area (Å²) in [4.78, 5) is 18.3. The second kappa shape index (κ2) is 6.30. The smallest absolute Gasteiger partial charge is 0.272 e. The molecule has 2 N–H and O–H groups in total. The monoisotopic (exact) mass is 269 g/mol. The molecule has 0 unspecified atom stereocenters. The number of aromatic nitrogens is 1. The summed E-state index contributed by atoms with van der Waals surface area (Å²) >= 11 is 0. The molecule has 2 aromatic rings. The van der Waals surface area contributed by atoms with Gasteiger partial charge in [-0.15, -0.1) is 0 Å². The van der Waals surface area contributed by atoms with E-state index in [2.05, 4.69) is 4.98 Å². The van der Waals surface area contributed by atoms with E-state index in [0.717, 1.165) is 16.8 Å². The minimum atomic E-state index is -0.0828. The van der Waals surface area contributed by atoms with E-state index in [1.54, 1.807) is 18.0 Å². The zero-order valence-corrected chi connectivity index (χ0v) is 11.8. The van der Waals surface area contributed by atoms with Crippen molar-refractivity contribution >= 4 is 5.91 Å². The topological polar surface area (TPSA) is 59.2 Å². The van der Waals surface area contributed by atoms with Crippen LogP contribution in [0.5, 0.6) is 0 Å². The number of benzene rings is 1. The van der Waals surface area contributed by atoms with Crippen LogP contribution < -0.4 is 5.73 Å². The zero-order valence-electron chi connectivity index (χ0n) is 11.8. The highest BCUT2D eigenvalue weighted by Gasteiger charge is 2.14. The van der Waals surface area contributed by atoms with Crippen molar-refractivity contribution in [3.8, 4) is 0 Å². The summed E-state index contributed by atoms with van der Waals surface area (Å²) in [6, 6.07) is 13.3. The summed E-state index contributed by atoms with van der Waals surface area (Å²) in [5.41, 5.74) is 9.15. The van der Waals surface area contributed by atoms with E-state index in [0.29, 0.717) is 18.8 Å². The molecule has 1 heterocycles. The molecule has 0 aliphatic carbocycles. The first kappa shape index (κ1) is 14.2. The number of rotatable bonds is 4. The molecule has 0 aliphatic heterocycles. The molecule has 1 aromatic heterocycles. The van der Waals surface area contributed by atoms with Gasteiger partial charge in [-0.25, -0.2) is 4.98 Å². The SMILES string of the molecule is Cc1cccc(C(=O)N(C)Cc2ccccc2CN)n1. The van der Waals surface area contributed by atoms with Gasteiger partial charge in [-0.05, 0) is 30.2 Å². The predicted octanol–water partition coefficient (Wildman–Crippen LogP) is 2.12. The molecule has 1 aromatic carbocycles. The van der Waals surface area contributed by atoms with Gasteiger partial charge in [0.2, 0.25) is 0 Å². The van der Waals surface area contributed by atoms with Gasteiger partial charge in [0.05, 0.1) is 0 Å². The van der Waals surface area contributed by atoms with Crippen LogP contribution in [0, 0.1) is 6.92 Å². The fraction of sp³-hybridized carbons (Fsp3) is 0.250. The molecule has 1 amide bonds. The molecule has 0 saturated heterocycles. The number of pyridine rings is 1. The average molecular weight is 269 g/mol. The van der Waals surface area contributed by atoms with Gasteiger partial charge in [0.1, 0.15) is 5.69 Å². The van der Waals surface area contributed by atoms with Crippen molar-refractivity contribution in [1.29, 1.82) is 0 Å². The Bertz CT molecular complexity index is 610. The number of carbonyl (C=O) groups excluding carboxylic acids is 1. The summed E-state index contributed by atoms with van der Waals surface area (Å²) in [5, 5.41) is 0. The van der Waals surface area contributed by atoms with Gasteiger partial charge in [-0.1, -0.05) is 30.3 Å². The molecule has 0 bridgehead atoms. The van der Waals surface area contributed by atoms with E-state index in [1.807, 2.05) is 43.3 Å². The second-order valence-corrected chi connectivity index (χ2v) is 4.80. The van der Waals surface area contributed by atoms with Crippen LogP contribution in [-0.2, 0) is 13.1 Å². The van der Waals surface area contributed by atoms with E-state index in [4.69, 9.17) is 5.73 Å². The van der Waals surface area contributed by atoms with Gasteiger partial charge in [0.15, 0.2) is 0 Å². The maximum Gasteiger partial charge on any atom is 0.272 e. The van der Waals surface area contributed by atoms with Crippen molar-refractivity contribution in [2.24, 2.45) is 5.73 Å². The van der Waals surface area contributed by atoms with Gasteiger partial charge in [0, 0.05) is 25.8 Å². The summed E-state index contributed by atoms with van der Waals surface area (Å²) in [7, 11) is 1.78. The van der Waals surface area contributed by atoms with Crippen LogP contribution in [0.1, 0.15) is 27.3 Å². The van der Waals surface area contributed by atoms with E-state index < -0.39 is 0 Å². The third-order valence-corrected chi connectivity index (χ3v) is 3.20. The van der Waals surface area contributed by atoms with Crippen LogP contribution in [0.2, 0.25) is 0 Å². The molecule has 0 aliphatic rings. The van der Waals surface area contributed by atoms with Crippen molar-refractivity contribution in [3.05, 3.63) is 65.0 Å². The largest absolute Gasteiger partial charge is 0.336 e. The lowest BCUT2D eigenvalue weighted by Crippen LogP contribution is -2.27. The van der Waals surface area contributed by atoms with Crippen LogP contribution in [-0.4, -0.2) is 22.8 Å². The highest BCUT2D eigenvalue weighted by Crippen LogP contribution is 2.12. The quantitative estimate of drug-likeness (QED) is 0.925. The molecular weight excluding hydrogens is 250 g/mol. The summed E-state index contributed by atoms with van der Waals surface area (Å²) in [6.07, 6.45) is 0. The van der Waals surface area contributed by atoms with E-state index in [1.165, 1.54) is 0 Å². The molecule has 4 heteroatoms. The van der Waals surface area contributed by atoms with E-state index in [-0.39, 0.29) is 5.91 Å². The number of aryl methyl sites for hydroxylation is 1. The summed E-state index contributed by atoms with van der Waals surface area (Å²) in [5.74, 6) is -0.0828. The van der Waals surface area contributed by atoms with Gasteiger partial charge < -0.3 is 10.6 Å². The Hall–Kier alpha value is -2.20. The van der Waals surface area contributed by atoms with Crippen molar-refractivity contribution < 1.29 is 4.79 Å². The molecule has 0 fully saturated rings. The van der Waals surface area contributed by atoms with Crippen LogP contribution >= 0.6 is 0 Å². The third kappa shape index (κ3) is 3.22. The third-order valence-electron chi connectivity index (χ3n) is 3.20. The molecule has 0 saturated carbocycles. The Labute approximate surface area is 119 Å². The Morgan fingerprint density at radius 1 is 1.15 bits per heavy atom. The first-order valence-corrected chi connectivity index (χ1v) is 6.58. The highest BCUT2D eigenvalue weighted by molar-refractivity contribution is 5.92. The number of hydrogen-bond acceptors (Lipinski definition) is 3. The number of amides is 1. The molecule has 0 spiro atoms. The average Bonchev–Trinajstić information content (AvgIpc) is 2.47. The fourth-order valence-corrected chi connectivity index (χ4v) is 2.10. The Morgan fingerprint density at radius 3 is 2.50 bits per heavy atom. The Balaban J connectivity index is 2.15. The zero-order chi connectivity index (χ0) is 14.5. The summed E-state index contributed by atoms with van der Waals surface area (Å²) < 4.78 is 0. The lowest BCUT2D eigenvalue weighted by atomic mass is 10.1. The lowest BCUT2D eigenvalue weighted by Gasteiger charge is -2.18. The number of nitrogens with two attached hydrogens (primary N) is 1. The van der Waals surface area contributed by atoms with Crippen LogP contribution in [0.4, 0.5) is 0 Å². The Morgan fingerprint density at radius 2 is 1.85 bits per heavy atom. The standard InChI is InChI=1S/C16H19N3O/c1-12-6-5-9-15(18-12)16(20)19(2)11-14-8-4-3-7-13(14)10-17/h3-9H,10-11,17H2,1-2H3.